The van der Waals surface area contributed by atoms with Crippen molar-refractivity contribution in [3.63, 3.8) is 0 Å². The van der Waals surface area contributed by atoms with E-state index in [0.717, 1.165) is 70.9 Å². The van der Waals surface area contributed by atoms with Crippen LogP contribution < -0.4 is 0 Å². The van der Waals surface area contributed by atoms with Gasteiger partial charge in [0.05, 0.1) is 13.2 Å². The summed E-state index contributed by atoms with van der Waals surface area (Å²) in [5.74, 6) is -1.77. The number of ether oxygens (including phenoxy) is 6. The van der Waals surface area contributed by atoms with Gasteiger partial charge < -0.3 is 38.1 Å². The molecule has 0 aliphatic heterocycles. The average Bonchev–Trinajstić information content (AvgIpc) is 3.18. The zero-order chi connectivity index (χ0) is 40.8. The van der Waals surface area contributed by atoms with Gasteiger partial charge in [-0.15, -0.1) is 0 Å². The standard InChI is InChI=1S/C42H73NO12/c1-5-9-11-13-16-23-31-50-37(45)25-20-17-21-28-40(48)54-35-42(33-52-38(46)26-18-12-10-6-2,34-53-39(47)27-19-14-15-22-30-44)36-55-41(49)51-32-24-29-43(7-3)8-4/h9,11,30H,5-8,10,12-29,31-36H2,1-4H3/b11-9-. The summed E-state index contributed by atoms with van der Waals surface area (Å²) in [5.41, 5.74) is -1.39. The molecule has 1 unspecified atom stereocenters. The molecule has 0 radical (unpaired) electrons. The van der Waals surface area contributed by atoms with Gasteiger partial charge in [0.15, 0.2) is 0 Å². The highest BCUT2D eigenvalue weighted by molar-refractivity contribution is 5.71. The Morgan fingerprint density at radius 1 is 0.491 bits per heavy atom. The van der Waals surface area contributed by atoms with Crippen LogP contribution >= 0.6 is 0 Å². The minimum Gasteiger partial charge on any atom is -0.466 e. The van der Waals surface area contributed by atoms with Gasteiger partial charge in [0, 0.05) is 38.6 Å². The Balaban J connectivity index is 5.39. The molecule has 13 heteroatoms. The molecule has 0 N–H and O–H groups in total. The van der Waals surface area contributed by atoms with Crippen LogP contribution in [-0.2, 0) is 52.4 Å². The van der Waals surface area contributed by atoms with Crippen LogP contribution in [0.2, 0.25) is 0 Å². The maximum absolute atomic E-state index is 12.9. The molecule has 55 heavy (non-hydrogen) atoms. The van der Waals surface area contributed by atoms with Gasteiger partial charge in [-0.2, -0.15) is 0 Å². The van der Waals surface area contributed by atoms with Crippen LogP contribution in [-0.4, -0.2) is 100 Å². The summed E-state index contributed by atoms with van der Waals surface area (Å²) in [7, 11) is 0. The van der Waals surface area contributed by atoms with Crippen LogP contribution in [0.4, 0.5) is 4.79 Å². The largest absolute Gasteiger partial charge is 0.508 e. The summed E-state index contributed by atoms with van der Waals surface area (Å²) in [6.45, 7) is 9.89. The highest BCUT2D eigenvalue weighted by atomic mass is 16.7. The summed E-state index contributed by atoms with van der Waals surface area (Å²) in [6.07, 6.45) is 16.6. The number of aldehydes is 1. The van der Waals surface area contributed by atoms with Crippen molar-refractivity contribution in [2.75, 3.05) is 59.3 Å². The zero-order valence-corrected chi connectivity index (χ0v) is 34.6. The second-order valence-corrected chi connectivity index (χ2v) is 14.0. The summed E-state index contributed by atoms with van der Waals surface area (Å²) in [5, 5.41) is 0. The van der Waals surface area contributed by atoms with E-state index in [4.69, 9.17) is 28.4 Å². The molecule has 0 saturated carbocycles. The zero-order valence-electron chi connectivity index (χ0n) is 34.6. The number of allylic oxidation sites excluding steroid dienone is 2. The molecule has 0 bridgehead atoms. The molecule has 0 amide bonds. The predicted molar refractivity (Wildman–Crippen MR) is 210 cm³/mol. The summed E-state index contributed by atoms with van der Waals surface area (Å²) >= 11 is 0. The Hall–Kier alpha value is -3.48. The predicted octanol–water partition coefficient (Wildman–Crippen LogP) is 8.24. The lowest BCUT2D eigenvalue weighted by Gasteiger charge is -2.31. The van der Waals surface area contributed by atoms with Crippen molar-refractivity contribution in [2.24, 2.45) is 5.41 Å². The molecule has 0 aromatic heterocycles. The van der Waals surface area contributed by atoms with Crippen molar-refractivity contribution < 1.29 is 57.2 Å². The quantitative estimate of drug-likeness (QED) is 0.0195. The molecule has 0 saturated heterocycles. The normalized spacial score (nSPS) is 12.2. The van der Waals surface area contributed by atoms with Crippen molar-refractivity contribution in [3.8, 4) is 0 Å². The van der Waals surface area contributed by atoms with Gasteiger partial charge in [0.25, 0.3) is 0 Å². The van der Waals surface area contributed by atoms with E-state index in [-0.39, 0.29) is 58.1 Å². The van der Waals surface area contributed by atoms with Crippen molar-refractivity contribution in [3.05, 3.63) is 12.2 Å². The molecule has 0 aliphatic rings. The summed E-state index contributed by atoms with van der Waals surface area (Å²) < 4.78 is 32.9. The van der Waals surface area contributed by atoms with E-state index >= 15 is 0 Å². The van der Waals surface area contributed by atoms with Gasteiger partial charge in [-0.25, -0.2) is 4.79 Å². The van der Waals surface area contributed by atoms with E-state index in [1.165, 1.54) is 0 Å². The first-order chi connectivity index (χ1) is 26.6. The number of carbonyl (C=O) groups is 6. The minimum atomic E-state index is -1.39. The first kappa shape index (κ1) is 51.5. The lowest BCUT2D eigenvalue weighted by molar-refractivity contribution is -0.166. The van der Waals surface area contributed by atoms with E-state index in [1.807, 2.05) is 0 Å². The summed E-state index contributed by atoms with van der Waals surface area (Å²) in [4.78, 5) is 75.8. The second kappa shape index (κ2) is 36.2. The molecule has 13 nitrogen and oxygen atoms in total. The average molecular weight is 784 g/mol. The van der Waals surface area contributed by atoms with Crippen molar-refractivity contribution in [1.29, 1.82) is 0 Å². The number of hydrogen-bond acceptors (Lipinski definition) is 13. The molecule has 0 rings (SSSR count). The van der Waals surface area contributed by atoms with Gasteiger partial charge in [0.2, 0.25) is 0 Å². The SMILES string of the molecule is CC/C=C\CCCCOC(=O)CCCCCC(=O)OCC(COC(=O)CCCCCC)(COC(=O)CCCCCC=O)COC(=O)OCCCN(CC)CC. The highest BCUT2D eigenvalue weighted by Crippen LogP contribution is 2.23. The third kappa shape index (κ3) is 31.4. The number of hydrogen-bond donors (Lipinski definition) is 0. The van der Waals surface area contributed by atoms with Gasteiger partial charge in [-0.3, -0.25) is 19.2 Å². The van der Waals surface area contributed by atoms with E-state index in [0.29, 0.717) is 64.4 Å². The van der Waals surface area contributed by atoms with Gasteiger partial charge in [0.1, 0.15) is 38.1 Å². The number of rotatable bonds is 37. The molecule has 0 aromatic rings. The molecule has 318 valence electrons. The lowest BCUT2D eigenvalue weighted by atomic mass is 9.92. The Morgan fingerprint density at radius 2 is 0.964 bits per heavy atom. The molecule has 0 aliphatic carbocycles. The van der Waals surface area contributed by atoms with Crippen LogP contribution in [0.3, 0.4) is 0 Å². The lowest BCUT2D eigenvalue weighted by Crippen LogP contribution is -2.44. The van der Waals surface area contributed by atoms with Crippen LogP contribution in [0.1, 0.15) is 156 Å². The fourth-order valence-electron chi connectivity index (χ4n) is 5.40. The fraction of sp³-hybridized carbons (Fsp3) is 0.810. The highest BCUT2D eigenvalue weighted by Gasteiger charge is 2.38. The van der Waals surface area contributed by atoms with Gasteiger partial charge in [-0.05, 0) is 77.3 Å². The van der Waals surface area contributed by atoms with Crippen LogP contribution in [0, 0.1) is 5.41 Å². The Kier molecular flexibility index (Phi) is 33.9. The number of nitrogens with zero attached hydrogens (tertiary/aromatic N) is 1. The Labute approximate surface area is 330 Å². The minimum absolute atomic E-state index is 0.0731. The molecule has 0 aromatic carbocycles. The van der Waals surface area contributed by atoms with Crippen LogP contribution in [0.25, 0.3) is 0 Å². The molecule has 0 spiro atoms. The van der Waals surface area contributed by atoms with Crippen molar-refractivity contribution >= 4 is 36.3 Å². The van der Waals surface area contributed by atoms with Crippen LogP contribution in [0.15, 0.2) is 12.2 Å². The van der Waals surface area contributed by atoms with Gasteiger partial charge in [-0.1, -0.05) is 72.0 Å². The molecule has 1 atom stereocenters. The molecular formula is C42H73NO12. The van der Waals surface area contributed by atoms with Crippen LogP contribution in [0.5, 0.6) is 0 Å². The van der Waals surface area contributed by atoms with Crippen molar-refractivity contribution in [2.45, 2.75) is 156 Å². The third-order valence-corrected chi connectivity index (χ3v) is 8.98. The van der Waals surface area contributed by atoms with E-state index in [9.17, 15) is 28.8 Å². The topological polar surface area (TPSA) is 161 Å². The van der Waals surface area contributed by atoms with E-state index < -0.39 is 36.1 Å². The molecule has 0 heterocycles. The third-order valence-electron chi connectivity index (χ3n) is 8.98. The number of carbonyl (C=O) groups excluding carboxylic acids is 6. The van der Waals surface area contributed by atoms with Crippen molar-refractivity contribution in [1.82, 2.24) is 4.90 Å². The first-order valence-electron chi connectivity index (χ1n) is 20.9. The molecular weight excluding hydrogens is 710 g/mol. The number of esters is 4. The maximum atomic E-state index is 12.9. The Morgan fingerprint density at radius 3 is 1.47 bits per heavy atom. The van der Waals surface area contributed by atoms with Gasteiger partial charge >= 0.3 is 30.0 Å². The summed E-state index contributed by atoms with van der Waals surface area (Å²) in [6, 6.07) is 0. The van der Waals surface area contributed by atoms with E-state index in [2.05, 4.69) is 44.7 Å². The molecule has 0 fully saturated rings. The fourth-order valence-corrected chi connectivity index (χ4v) is 5.40. The Bertz CT molecular complexity index is 1060. The number of unbranched alkanes of at least 4 members (excludes halogenated alkanes) is 10. The monoisotopic (exact) mass is 784 g/mol. The maximum Gasteiger partial charge on any atom is 0.508 e. The smallest absolute Gasteiger partial charge is 0.466 e. The van der Waals surface area contributed by atoms with E-state index in [1.54, 1.807) is 0 Å². The second-order valence-electron chi connectivity index (χ2n) is 14.0. The first-order valence-corrected chi connectivity index (χ1v) is 20.9.